The molecule has 1 atom stereocenters. The molecule has 1 rings (SSSR count). The van der Waals surface area contributed by atoms with E-state index in [9.17, 15) is 0 Å². The second kappa shape index (κ2) is 2.76. The summed E-state index contributed by atoms with van der Waals surface area (Å²) in [7, 11) is 0. The minimum Gasteiger partial charge on any atom is -0.394 e. The zero-order valence-electron chi connectivity index (χ0n) is 7.56. The Labute approximate surface area is 68.8 Å². The van der Waals surface area contributed by atoms with Crippen LogP contribution in [0.4, 0.5) is 0 Å². The van der Waals surface area contributed by atoms with E-state index >= 15 is 0 Å². The number of aliphatic hydroxyl groups excluding tert-OH is 1. The monoisotopic (exact) mass is 157 g/mol. The maximum atomic E-state index is 9.06. The maximum absolute atomic E-state index is 9.06. The quantitative estimate of drug-likeness (QED) is 0.602. The van der Waals surface area contributed by atoms with Gasteiger partial charge >= 0.3 is 0 Å². The molecular weight excluding hydrogens is 138 g/mol. The lowest BCUT2D eigenvalue weighted by atomic mass is 9.69. The molecule has 1 saturated carbocycles. The fourth-order valence-electron chi connectivity index (χ4n) is 2.18. The lowest BCUT2D eigenvalue weighted by Crippen LogP contribution is -2.49. The van der Waals surface area contributed by atoms with E-state index in [0.717, 1.165) is 19.3 Å². The predicted molar refractivity (Wildman–Crippen MR) is 46.3 cm³/mol. The Morgan fingerprint density at radius 3 is 2.36 bits per heavy atom. The largest absolute Gasteiger partial charge is 0.394 e. The maximum Gasteiger partial charge on any atom is 0.0611 e. The number of hydrogen-bond acceptors (Lipinski definition) is 2. The fourth-order valence-corrected chi connectivity index (χ4v) is 2.18. The Morgan fingerprint density at radius 1 is 1.36 bits per heavy atom. The van der Waals surface area contributed by atoms with E-state index < -0.39 is 0 Å². The average Bonchev–Trinajstić information content (AvgIpc) is 1.85. The van der Waals surface area contributed by atoms with Crippen molar-refractivity contribution in [3.63, 3.8) is 0 Å². The van der Waals surface area contributed by atoms with Gasteiger partial charge in [0, 0.05) is 5.54 Å². The first-order valence-corrected chi connectivity index (χ1v) is 4.37. The molecule has 1 aliphatic rings. The summed E-state index contributed by atoms with van der Waals surface area (Å²) < 4.78 is 0. The van der Waals surface area contributed by atoms with Crippen molar-refractivity contribution in [3.8, 4) is 0 Å². The van der Waals surface area contributed by atoms with Crippen LogP contribution in [0.2, 0.25) is 0 Å². The van der Waals surface area contributed by atoms with Crippen LogP contribution in [0, 0.1) is 5.41 Å². The number of hydrogen-bond donors (Lipinski definition) is 2. The van der Waals surface area contributed by atoms with Gasteiger partial charge in [-0.05, 0) is 24.7 Å². The Kier molecular flexibility index (Phi) is 2.26. The molecule has 3 N–H and O–H groups in total. The third-order valence-electron chi connectivity index (χ3n) is 2.67. The second-order valence-corrected chi connectivity index (χ2v) is 4.72. The molecule has 0 aromatic heterocycles. The molecule has 0 spiro atoms. The smallest absolute Gasteiger partial charge is 0.0611 e. The van der Waals surface area contributed by atoms with Crippen molar-refractivity contribution in [3.05, 3.63) is 0 Å². The van der Waals surface area contributed by atoms with Crippen molar-refractivity contribution in [1.29, 1.82) is 0 Å². The van der Waals surface area contributed by atoms with Crippen LogP contribution in [0.3, 0.4) is 0 Å². The molecule has 0 heterocycles. The standard InChI is InChI=1S/C9H19NO/c1-8(2)4-3-5-9(10,6-8)7-11/h11H,3-7,10H2,1-2H3. The van der Waals surface area contributed by atoms with Gasteiger partial charge < -0.3 is 10.8 Å². The summed E-state index contributed by atoms with van der Waals surface area (Å²) in [5, 5.41) is 9.06. The molecule has 1 fully saturated rings. The van der Waals surface area contributed by atoms with E-state index in [0.29, 0.717) is 5.41 Å². The highest BCUT2D eigenvalue weighted by atomic mass is 16.3. The minimum atomic E-state index is -0.290. The van der Waals surface area contributed by atoms with Crippen LogP contribution in [0.1, 0.15) is 39.5 Å². The van der Waals surface area contributed by atoms with Gasteiger partial charge in [0.2, 0.25) is 0 Å². The van der Waals surface area contributed by atoms with Gasteiger partial charge in [-0.25, -0.2) is 0 Å². The molecule has 0 amide bonds. The van der Waals surface area contributed by atoms with Crippen LogP contribution < -0.4 is 5.73 Å². The first kappa shape index (κ1) is 9.01. The van der Waals surface area contributed by atoms with Crippen molar-refractivity contribution in [2.24, 2.45) is 11.1 Å². The van der Waals surface area contributed by atoms with Gasteiger partial charge in [0.1, 0.15) is 0 Å². The van der Waals surface area contributed by atoms with Crippen molar-refractivity contribution in [2.45, 2.75) is 45.1 Å². The summed E-state index contributed by atoms with van der Waals surface area (Å²) in [6, 6.07) is 0. The van der Waals surface area contributed by atoms with Crippen molar-refractivity contribution >= 4 is 0 Å². The third kappa shape index (κ3) is 2.17. The Morgan fingerprint density at radius 2 is 2.00 bits per heavy atom. The van der Waals surface area contributed by atoms with Gasteiger partial charge in [-0.1, -0.05) is 20.3 Å². The van der Waals surface area contributed by atoms with Crippen LogP contribution in [-0.2, 0) is 0 Å². The topological polar surface area (TPSA) is 46.2 Å². The Bertz CT molecular complexity index is 144. The third-order valence-corrected chi connectivity index (χ3v) is 2.67. The zero-order valence-corrected chi connectivity index (χ0v) is 7.56. The van der Waals surface area contributed by atoms with Gasteiger partial charge in [0.25, 0.3) is 0 Å². The Hall–Kier alpha value is -0.0800. The van der Waals surface area contributed by atoms with Gasteiger partial charge in [-0.2, -0.15) is 0 Å². The molecule has 0 bridgehead atoms. The molecule has 2 heteroatoms. The summed E-state index contributed by atoms with van der Waals surface area (Å²) in [5.41, 5.74) is 6.02. The van der Waals surface area contributed by atoms with Crippen molar-refractivity contribution in [2.75, 3.05) is 6.61 Å². The summed E-state index contributed by atoms with van der Waals surface area (Å²) in [4.78, 5) is 0. The Balaban J connectivity index is 2.59. The molecule has 11 heavy (non-hydrogen) atoms. The fraction of sp³-hybridized carbons (Fsp3) is 1.00. The lowest BCUT2D eigenvalue weighted by molar-refractivity contribution is 0.0912. The van der Waals surface area contributed by atoms with E-state index in [1.807, 2.05) is 0 Å². The highest BCUT2D eigenvalue weighted by molar-refractivity contribution is 4.93. The zero-order chi connectivity index (χ0) is 8.54. The van der Waals surface area contributed by atoms with Gasteiger partial charge in [0.05, 0.1) is 6.61 Å². The number of aliphatic hydroxyl groups is 1. The van der Waals surface area contributed by atoms with Crippen LogP contribution >= 0.6 is 0 Å². The van der Waals surface area contributed by atoms with Crippen LogP contribution in [0.25, 0.3) is 0 Å². The molecule has 2 nitrogen and oxygen atoms in total. The minimum absolute atomic E-state index is 0.135. The van der Waals surface area contributed by atoms with Crippen LogP contribution in [0.5, 0.6) is 0 Å². The summed E-state index contributed by atoms with van der Waals surface area (Å²) in [6.07, 6.45) is 4.33. The highest BCUT2D eigenvalue weighted by Gasteiger charge is 2.36. The molecule has 0 radical (unpaired) electrons. The van der Waals surface area contributed by atoms with Crippen LogP contribution in [-0.4, -0.2) is 17.3 Å². The molecular formula is C9H19NO. The SMILES string of the molecule is CC1(C)CCCC(N)(CO)C1. The molecule has 0 saturated heterocycles. The molecule has 0 aliphatic heterocycles. The van der Waals surface area contributed by atoms with E-state index in [2.05, 4.69) is 13.8 Å². The molecule has 1 aliphatic carbocycles. The van der Waals surface area contributed by atoms with Gasteiger partial charge in [-0.3, -0.25) is 0 Å². The molecule has 1 unspecified atom stereocenters. The summed E-state index contributed by atoms with van der Waals surface area (Å²) in [6.45, 7) is 4.59. The first-order valence-electron chi connectivity index (χ1n) is 4.37. The highest BCUT2D eigenvalue weighted by Crippen LogP contribution is 2.39. The van der Waals surface area contributed by atoms with Gasteiger partial charge in [-0.15, -0.1) is 0 Å². The number of nitrogens with two attached hydrogens (primary N) is 1. The summed E-state index contributed by atoms with van der Waals surface area (Å²) in [5.74, 6) is 0. The van der Waals surface area contributed by atoms with E-state index in [4.69, 9.17) is 10.8 Å². The molecule has 0 aromatic rings. The van der Waals surface area contributed by atoms with Crippen LogP contribution in [0.15, 0.2) is 0 Å². The van der Waals surface area contributed by atoms with E-state index in [1.165, 1.54) is 6.42 Å². The molecule has 66 valence electrons. The van der Waals surface area contributed by atoms with E-state index in [-0.39, 0.29) is 12.1 Å². The second-order valence-electron chi connectivity index (χ2n) is 4.72. The van der Waals surface area contributed by atoms with Crippen molar-refractivity contribution in [1.82, 2.24) is 0 Å². The van der Waals surface area contributed by atoms with Crippen molar-refractivity contribution < 1.29 is 5.11 Å². The summed E-state index contributed by atoms with van der Waals surface area (Å²) >= 11 is 0. The normalized spacial score (nSPS) is 37.1. The lowest BCUT2D eigenvalue weighted by Gasteiger charge is -2.41. The predicted octanol–water partition coefficient (Wildman–Crippen LogP) is 1.28. The van der Waals surface area contributed by atoms with E-state index in [1.54, 1.807) is 0 Å². The first-order chi connectivity index (χ1) is 4.97. The molecule has 0 aromatic carbocycles. The van der Waals surface area contributed by atoms with Gasteiger partial charge in [0.15, 0.2) is 0 Å². The number of rotatable bonds is 1. The average molecular weight is 157 g/mol.